The maximum atomic E-state index is 13.3. The van der Waals surface area contributed by atoms with Crippen molar-refractivity contribution < 1.29 is 18.7 Å². The van der Waals surface area contributed by atoms with Gasteiger partial charge in [0.05, 0.1) is 18.1 Å². The molecule has 1 saturated heterocycles. The molecule has 0 bridgehead atoms. The SMILES string of the molecule is O=C(NCC(=O)N1CCC(Oc2ccc(Cl)cn2)C1)C(Nc1nc2ccccc2o1)C1CCCCC1. The molecule has 36 heavy (non-hydrogen) atoms. The Morgan fingerprint density at radius 1 is 1.14 bits per heavy atom. The summed E-state index contributed by atoms with van der Waals surface area (Å²) in [4.78, 5) is 36.4. The zero-order chi connectivity index (χ0) is 24.9. The Morgan fingerprint density at radius 2 is 1.97 bits per heavy atom. The highest BCUT2D eigenvalue weighted by atomic mass is 35.5. The smallest absolute Gasteiger partial charge is 0.296 e. The summed E-state index contributed by atoms with van der Waals surface area (Å²) in [5, 5.41) is 6.61. The van der Waals surface area contributed by atoms with E-state index in [0.717, 1.165) is 31.2 Å². The van der Waals surface area contributed by atoms with Crippen LogP contribution in [0.5, 0.6) is 5.88 Å². The number of ether oxygens (including phenoxy) is 1. The monoisotopic (exact) mass is 511 g/mol. The molecule has 2 atom stereocenters. The highest BCUT2D eigenvalue weighted by Crippen LogP contribution is 2.29. The van der Waals surface area contributed by atoms with Crippen LogP contribution in [-0.4, -0.2) is 58.5 Å². The molecular formula is C26H30ClN5O4. The van der Waals surface area contributed by atoms with Crippen LogP contribution < -0.4 is 15.4 Å². The molecule has 0 spiro atoms. The minimum Gasteiger partial charge on any atom is -0.472 e. The van der Waals surface area contributed by atoms with E-state index in [-0.39, 0.29) is 30.4 Å². The van der Waals surface area contributed by atoms with E-state index in [2.05, 4.69) is 20.6 Å². The summed E-state index contributed by atoms with van der Waals surface area (Å²) in [6, 6.07) is 10.7. The van der Waals surface area contributed by atoms with Crippen molar-refractivity contribution in [1.82, 2.24) is 20.2 Å². The third-order valence-corrected chi connectivity index (χ3v) is 7.10. The number of carbonyl (C=O) groups excluding carboxylic acids is 2. The standard InChI is InChI=1S/C26H30ClN5O4/c27-18-10-11-22(28-14-18)35-19-12-13-32(16-19)23(33)15-29-25(34)24(17-6-2-1-3-7-17)31-26-30-20-8-4-5-9-21(20)36-26/h4-5,8-11,14,17,19,24H,1-3,6-7,12-13,15-16H2,(H,29,34)(H,30,31). The van der Waals surface area contributed by atoms with Crippen molar-refractivity contribution in [2.45, 2.75) is 50.7 Å². The number of aromatic nitrogens is 2. The Hall–Kier alpha value is -3.33. The minimum absolute atomic E-state index is 0.0663. The van der Waals surface area contributed by atoms with Crippen LogP contribution in [0.3, 0.4) is 0 Å². The van der Waals surface area contributed by atoms with Gasteiger partial charge in [0.1, 0.15) is 17.7 Å². The van der Waals surface area contributed by atoms with Crippen LogP contribution in [0.1, 0.15) is 38.5 Å². The molecule has 2 unspecified atom stereocenters. The first-order valence-electron chi connectivity index (χ1n) is 12.5. The molecule has 1 aliphatic heterocycles. The summed E-state index contributed by atoms with van der Waals surface area (Å²) in [5.41, 5.74) is 1.40. The minimum atomic E-state index is -0.517. The van der Waals surface area contributed by atoms with Gasteiger partial charge >= 0.3 is 0 Å². The number of rotatable bonds is 8. The summed E-state index contributed by atoms with van der Waals surface area (Å²) in [6.07, 6.45) is 7.33. The number of halogens is 1. The fourth-order valence-electron chi connectivity index (χ4n) is 4.97. The molecule has 2 aliphatic rings. The molecule has 2 amide bonds. The number of oxazole rings is 1. The Labute approximate surface area is 214 Å². The zero-order valence-corrected chi connectivity index (χ0v) is 20.7. The number of likely N-dealkylation sites (tertiary alicyclic amines) is 1. The number of benzene rings is 1. The molecule has 1 aromatic carbocycles. The molecule has 3 aromatic rings. The Kier molecular flexibility index (Phi) is 7.55. The van der Waals surface area contributed by atoms with E-state index in [4.69, 9.17) is 20.8 Å². The molecule has 10 heteroatoms. The Morgan fingerprint density at radius 3 is 2.75 bits per heavy atom. The molecule has 2 fully saturated rings. The van der Waals surface area contributed by atoms with Crippen LogP contribution in [0.2, 0.25) is 5.02 Å². The number of anilines is 1. The van der Waals surface area contributed by atoms with E-state index in [9.17, 15) is 9.59 Å². The van der Waals surface area contributed by atoms with Crippen molar-refractivity contribution >= 4 is 40.5 Å². The van der Waals surface area contributed by atoms with E-state index in [1.54, 1.807) is 17.0 Å². The number of hydrogen-bond acceptors (Lipinski definition) is 7. The van der Waals surface area contributed by atoms with Gasteiger partial charge in [0.2, 0.25) is 17.7 Å². The molecule has 2 N–H and O–H groups in total. The molecule has 2 aromatic heterocycles. The lowest BCUT2D eigenvalue weighted by atomic mass is 9.83. The van der Waals surface area contributed by atoms with Gasteiger partial charge in [0.15, 0.2) is 5.58 Å². The lowest BCUT2D eigenvalue weighted by molar-refractivity contribution is -0.132. The van der Waals surface area contributed by atoms with Gasteiger partial charge in [-0.05, 0) is 37.0 Å². The topological polar surface area (TPSA) is 110 Å². The largest absolute Gasteiger partial charge is 0.472 e. The number of carbonyl (C=O) groups is 2. The van der Waals surface area contributed by atoms with Gasteiger partial charge in [0.25, 0.3) is 6.01 Å². The first-order chi connectivity index (χ1) is 17.5. The molecule has 9 nitrogen and oxygen atoms in total. The molecule has 5 rings (SSSR count). The van der Waals surface area contributed by atoms with Gasteiger partial charge in [-0.3, -0.25) is 9.59 Å². The van der Waals surface area contributed by atoms with Crippen molar-refractivity contribution in [1.29, 1.82) is 0 Å². The number of nitrogens with zero attached hydrogens (tertiary/aromatic N) is 3. The Bertz CT molecular complexity index is 1160. The first kappa shape index (κ1) is 24.4. The fourth-order valence-corrected chi connectivity index (χ4v) is 5.08. The van der Waals surface area contributed by atoms with Crippen molar-refractivity contribution in [3.63, 3.8) is 0 Å². The van der Waals surface area contributed by atoms with Crippen molar-refractivity contribution in [2.24, 2.45) is 5.92 Å². The Balaban J connectivity index is 1.17. The second-order valence-electron chi connectivity index (χ2n) is 9.41. The number of para-hydroxylation sites is 2. The summed E-state index contributed by atoms with van der Waals surface area (Å²) in [5.74, 6) is 0.283. The average molecular weight is 512 g/mol. The van der Waals surface area contributed by atoms with Crippen LogP contribution in [0.15, 0.2) is 47.0 Å². The third kappa shape index (κ3) is 5.90. The van der Waals surface area contributed by atoms with Crippen molar-refractivity contribution in [3.05, 3.63) is 47.6 Å². The van der Waals surface area contributed by atoms with E-state index in [0.29, 0.717) is 42.0 Å². The first-order valence-corrected chi connectivity index (χ1v) is 12.9. The number of hydrogen-bond donors (Lipinski definition) is 2. The highest BCUT2D eigenvalue weighted by molar-refractivity contribution is 6.30. The fraction of sp³-hybridized carbons (Fsp3) is 0.462. The van der Waals surface area contributed by atoms with Crippen LogP contribution in [0, 0.1) is 5.92 Å². The highest BCUT2D eigenvalue weighted by Gasteiger charge is 2.32. The normalized spacial score (nSPS) is 19.2. The van der Waals surface area contributed by atoms with Gasteiger partial charge in [-0.2, -0.15) is 4.98 Å². The maximum Gasteiger partial charge on any atom is 0.296 e. The molecule has 3 heterocycles. The second-order valence-corrected chi connectivity index (χ2v) is 9.84. The van der Waals surface area contributed by atoms with Crippen LogP contribution in [-0.2, 0) is 9.59 Å². The maximum absolute atomic E-state index is 13.3. The van der Waals surface area contributed by atoms with Gasteiger partial charge < -0.3 is 24.7 Å². The van der Waals surface area contributed by atoms with Crippen molar-refractivity contribution in [3.8, 4) is 5.88 Å². The molecule has 1 saturated carbocycles. The van der Waals surface area contributed by atoms with E-state index < -0.39 is 6.04 Å². The molecular weight excluding hydrogens is 482 g/mol. The number of fused-ring (bicyclic) bond motifs is 1. The summed E-state index contributed by atoms with van der Waals surface area (Å²) < 4.78 is 11.7. The summed E-state index contributed by atoms with van der Waals surface area (Å²) in [7, 11) is 0. The van der Waals surface area contributed by atoms with Gasteiger partial charge in [0, 0.05) is 25.2 Å². The molecule has 0 radical (unpaired) electrons. The average Bonchev–Trinajstić information content (AvgIpc) is 3.54. The van der Waals surface area contributed by atoms with Crippen LogP contribution >= 0.6 is 11.6 Å². The third-order valence-electron chi connectivity index (χ3n) is 6.88. The lowest BCUT2D eigenvalue weighted by Crippen LogP contribution is -2.48. The number of pyridine rings is 1. The van der Waals surface area contributed by atoms with E-state index >= 15 is 0 Å². The van der Waals surface area contributed by atoms with Gasteiger partial charge in [-0.15, -0.1) is 0 Å². The predicted octanol–water partition coefficient (Wildman–Crippen LogP) is 4.03. The van der Waals surface area contributed by atoms with Crippen LogP contribution in [0.25, 0.3) is 11.1 Å². The summed E-state index contributed by atoms with van der Waals surface area (Å²) in [6.45, 7) is 0.954. The molecule has 190 valence electrons. The number of amides is 2. The van der Waals surface area contributed by atoms with Gasteiger partial charge in [-0.25, -0.2) is 4.98 Å². The zero-order valence-electron chi connectivity index (χ0n) is 20.0. The molecule has 1 aliphatic carbocycles. The van der Waals surface area contributed by atoms with Crippen LogP contribution in [0.4, 0.5) is 6.01 Å². The number of nitrogens with one attached hydrogen (secondary N) is 2. The van der Waals surface area contributed by atoms with E-state index in [1.807, 2.05) is 24.3 Å². The van der Waals surface area contributed by atoms with Gasteiger partial charge in [-0.1, -0.05) is 43.0 Å². The quantitative estimate of drug-likeness (QED) is 0.469. The second kappa shape index (κ2) is 11.2. The summed E-state index contributed by atoms with van der Waals surface area (Å²) >= 11 is 5.87. The van der Waals surface area contributed by atoms with Crippen molar-refractivity contribution in [2.75, 3.05) is 25.0 Å². The predicted molar refractivity (Wildman–Crippen MR) is 136 cm³/mol. The lowest BCUT2D eigenvalue weighted by Gasteiger charge is -2.29. The van der Waals surface area contributed by atoms with E-state index in [1.165, 1.54) is 12.6 Å².